The molecule has 3 aliphatic rings. The van der Waals surface area contributed by atoms with Gasteiger partial charge in [0.25, 0.3) is 0 Å². The molecule has 1 aromatic rings. The number of ether oxygens (including phenoxy) is 1. The van der Waals surface area contributed by atoms with Gasteiger partial charge >= 0.3 is 5.97 Å². The molecule has 0 amide bonds. The van der Waals surface area contributed by atoms with Gasteiger partial charge in [-0.3, -0.25) is 9.69 Å². The predicted molar refractivity (Wildman–Crippen MR) is 119 cm³/mol. The van der Waals surface area contributed by atoms with Gasteiger partial charge in [0.2, 0.25) is 0 Å². The average Bonchev–Trinajstić information content (AvgIpc) is 3.42. The van der Waals surface area contributed by atoms with Crippen LogP contribution in [0.2, 0.25) is 0 Å². The molecule has 0 radical (unpaired) electrons. The van der Waals surface area contributed by atoms with Gasteiger partial charge in [-0.25, -0.2) is 0 Å². The topological polar surface area (TPSA) is 75.8 Å². The van der Waals surface area contributed by atoms with Crippen LogP contribution in [0, 0.1) is 11.8 Å². The maximum atomic E-state index is 11.3. The zero-order valence-electron chi connectivity index (χ0n) is 18.2. The van der Waals surface area contributed by atoms with Crippen LogP contribution in [-0.2, 0) is 9.53 Å². The minimum Gasteiger partial charge on any atom is -0.481 e. The number of hydrogen-bond acceptors (Lipinski definition) is 4. The normalized spacial score (nSPS) is 28.4. The van der Waals surface area contributed by atoms with Crippen molar-refractivity contribution in [2.45, 2.75) is 88.9 Å². The Hall–Kier alpha value is -1.59. The lowest BCUT2D eigenvalue weighted by atomic mass is 9.89. The summed E-state index contributed by atoms with van der Waals surface area (Å²) in [6.45, 7) is 2.33. The Labute approximate surface area is 181 Å². The third kappa shape index (κ3) is 5.55. The summed E-state index contributed by atoms with van der Waals surface area (Å²) in [7, 11) is 0. The van der Waals surface area contributed by atoms with E-state index in [2.05, 4.69) is 17.0 Å². The second-order valence-electron chi connectivity index (χ2n) is 9.84. The molecule has 0 bridgehead atoms. The molecule has 1 saturated heterocycles. The highest BCUT2D eigenvalue weighted by Gasteiger charge is 2.38. The highest BCUT2D eigenvalue weighted by Crippen LogP contribution is 2.39. The van der Waals surface area contributed by atoms with Crippen molar-refractivity contribution in [2.24, 2.45) is 11.8 Å². The first-order valence-electron chi connectivity index (χ1n) is 12.0. The lowest BCUT2D eigenvalue weighted by Crippen LogP contribution is -2.48. The average molecular weight is 415 g/mol. The third-order valence-corrected chi connectivity index (χ3v) is 7.54. The lowest BCUT2D eigenvalue weighted by molar-refractivity contribution is -0.148. The molecule has 0 spiro atoms. The van der Waals surface area contributed by atoms with E-state index in [0.717, 1.165) is 35.9 Å². The summed E-state index contributed by atoms with van der Waals surface area (Å²) in [5.41, 5.74) is 7.82. The number of nitrogens with zero attached hydrogens (tertiary/aromatic N) is 1. The molecule has 3 fully saturated rings. The van der Waals surface area contributed by atoms with E-state index in [0.29, 0.717) is 6.04 Å². The number of hydrogen-bond donors (Lipinski definition) is 2. The molecule has 2 saturated carbocycles. The van der Waals surface area contributed by atoms with Gasteiger partial charge in [-0.2, -0.15) is 0 Å². The maximum absolute atomic E-state index is 11.3. The predicted octanol–water partition coefficient (Wildman–Crippen LogP) is 5.01. The molecular formula is C25H38N2O3. The molecule has 4 rings (SSSR count). The molecule has 3 N–H and O–H groups in total. The van der Waals surface area contributed by atoms with Crippen molar-refractivity contribution in [2.75, 3.05) is 18.8 Å². The summed E-state index contributed by atoms with van der Waals surface area (Å²) in [6, 6.07) is 8.34. The van der Waals surface area contributed by atoms with Crippen molar-refractivity contribution in [1.82, 2.24) is 4.90 Å². The minimum atomic E-state index is -0.775. The van der Waals surface area contributed by atoms with Crippen molar-refractivity contribution >= 4 is 11.7 Å². The monoisotopic (exact) mass is 414 g/mol. The Morgan fingerprint density at radius 2 is 1.50 bits per heavy atom. The smallest absolute Gasteiger partial charge is 0.305 e. The highest BCUT2D eigenvalue weighted by atomic mass is 16.5. The van der Waals surface area contributed by atoms with Crippen LogP contribution in [0.1, 0.15) is 82.3 Å². The van der Waals surface area contributed by atoms with Gasteiger partial charge in [0.15, 0.2) is 0 Å². The fraction of sp³-hybridized carbons (Fsp3) is 0.720. The molecule has 5 nitrogen and oxygen atoms in total. The zero-order chi connectivity index (χ0) is 20.9. The molecule has 1 heterocycles. The summed E-state index contributed by atoms with van der Waals surface area (Å²) < 4.78 is 6.48. The molecule has 0 aromatic heterocycles. The molecule has 0 unspecified atom stereocenters. The van der Waals surface area contributed by atoms with Crippen LogP contribution in [0.15, 0.2) is 24.3 Å². The van der Waals surface area contributed by atoms with Crippen LogP contribution in [0.3, 0.4) is 0 Å². The van der Waals surface area contributed by atoms with Crippen LogP contribution in [0.4, 0.5) is 5.69 Å². The van der Waals surface area contributed by atoms with Crippen LogP contribution in [0.25, 0.3) is 0 Å². The van der Waals surface area contributed by atoms with E-state index < -0.39 is 5.97 Å². The summed E-state index contributed by atoms with van der Waals surface area (Å²) in [5, 5.41) is 9.31. The number of benzene rings is 1. The number of aliphatic carboxylic acids is 1. The Balaban J connectivity index is 1.56. The number of nitrogen functional groups attached to an aromatic ring is 1. The standard InChI is InChI=1S/C25H38N2O3/c26-21-11-9-20(10-12-21)25-23(14-13-22(30-25)15-24(28)29)27(16-18-5-1-2-6-18)17-19-7-3-4-8-19/h9-12,18-19,22-23,25H,1-8,13-17,26H2,(H,28,29)/t22-,23+,25-/m0/s1. The van der Waals surface area contributed by atoms with Crippen molar-refractivity contribution < 1.29 is 14.6 Å². The van der Waals surface area contributed by atoms with Gasteiger partial charge in [0, 0.05) is 24.8 Å². The molecule has 2 aliphatic carbocycles. The van der Waals surface area contributed by atoms with Crippen molar-refractivity contribution in [3.63, 3.8) is 0 Å². The Bertz CT molecular complexity index is 662. The highest BCUT2D eigenvalue weighted by molar-refractivity contribution is 5.67. The van der Waals surface area contributed by atoms with E-state index in [-0.39, 0.29) is 18.6 Å². The van der Waals surface area contributed by atoms with Gasteiger partial charge in [-0.05, 0) is 68.1 Å². The second kappa shape index (κ2) is 10.1. The molecule has 5 heteroatoms. The van der Waals surface area contributed by atoms with Gasteiger partial charge in [0.1, 0.15) is 0 Å². The molecule has 166 valence electrons. The Morgan fingerprint density at radius 1 is 0.933 bits per heavy atom. The fourth-order valence-corrected chi connectivity index (χ4v) is 5.97. The largest absolute Gasteiger partial charge is 0.481 e. The van der Waals surface area contributed by atoms with Gasteiger partial charge in [-0.15, -0.1) is 0 Å². The summed E-state index contributed by atoms with van der Waals surface area (Å²) in [5.74, 6) is 0.828. The number of carboxylic acids is 1. The number of anilines is 1. The molecule has 3 atom stereocenters. The maximum Gasteiger partial charge on any atom is 0.305 e. The summed E-state index contributed by atoms with van der Waals surface area (Å²) in [4.78, 5) is 14.1. The van der Waals surface area contributed by atoms with Crippen LogP contribution in [-0.4, -0.2) is 41.2 Å². The molecule has 1 aromatic carbocycles. The van der Waals surface area contributed by atoms with Gasteiger partial charge in [0.05, 0.1) is 18.6 Å². The lowest BCUT2D eigenvalue weighted by Gasteiger charge is -2.44. The number of rotatable bonds is 8. The van der Waals surface area contributed by atoms with E-state index in [1.807, 2.05) is 12.1 Å². The second-order valence-corrected chi connectivity index (χ2v) is 9.84. The molecule has 30 heavy (non-hydrogen) atoms. The van der Waals surface area contributed by atoms with E-state index in [4.69, 9.17) is 10.5 Å². The Morgan fingerprint density at radius 3 is 2.03 bits per heavy atom. The summed E-state index contributed by atoms with van der Waals surface area (Å²) in [6.07, 6.45) is 12.5. The molecule has 1 aliphatic heterocycles. The Kier molecular flexibility index (Phi) is 7.32. The first-order valence-corrected chi connectivity index (χ1v) is 12.0. The van der Waals surface area contributed by atoms with Crippen LogP contribution < -0.4 is 5.73 Å². The van der Waals surface area contributed by atoms with Crippen molar-refractivity contribution in [3.8, 4) is 0 Å². The van der Waals surface area contributed by atoms with E-state index in [1.165, 1.54) is 64.5 Å². The SMILES string of the molecule is Nc1ccc([C@@H]2O[C@H](CC(=O)O)CC[C@H]2N(CC2CCCC2)CC2CCCC2)cc1. The number of carbonyl (C=O) groups is 1. The van der Waals surface area contributed by atoms with E-state index in [1.54, 1.807) is 0 Å². The number of carboxylic acid groups (broad SMARTS) is 1. The van der Waals surface area contributed by atoms with E-state index >= 15 is 0 Å². The summed E-state index contributed by atoms with van der Waals surface area (Å²) >= 11 is 0. The minimum absolute atomic E-state index is 0.0773. The first-order chi connectivity index (χ1) is 14.6. The molecular weight excluding hydrogens is 376 g/mol. The van der Waals surface area contributed by atoms with Crippen LogP contribution in [0.5, 0.6) is 0 Å². The zero-order valence-corrected chi connectivity index (χ0v) is 18.2. The third-order valence-electron chi connectivity index (χ3n) is 7.54. The van der Waals surface area contributed by atoms with Crippen molar-refractivity contribution in [3.05, 3.63) is 29.8 Å². The van der Waals surface area contributed by atoms with Crippen molar-refractivity contribution in [1.29, 1.82) is 0 Å². The van der Waals surface area contributed by atoms with Crippen LogP contribution >= 0.6 is 0 Å². The first kappa shape index (κ1) is 21.6. The fourth-order valence-electron chi connectivity index (χ4n) is 5.97. The van der Waals surface area contributed by atoms with Gasteiger partial charge < -0.3 is 15.6 Å². The quantitative estimate of drug-likeness (QED) is 0.585. The number of nitrogens with two attached hydrogens (primary N) is 1. The van der Waals surface area contributed by atoms with E-state index in [9.17, 15) is 9.90 Å². The van der Waals surface area contributed by atoms with Gasteiger partial charge in [-0.1, -0.05) is 37.8 Å².